The van der Waals surface area contributed by atoms with Crippen molar-refractivity contribution in [3.63, 3.8) is 0 Å². The molecule has 0 fully saturated rings. The van der Waals surface area contributed by atoms with E-state index in [0.717, 1.165) is 16.8 Å². The molecule has 1 unspecified atom stereocenters. The maximum atomic E-state index is 14.3. The van der Waals surface area contributed by atoms with Gasteiger partial charge in [-0.15, -0.1) is 0 Å². The van der Waals surface area contributed by atoms with Crippen LogP contribution in [0.1, 0.15) is 40.1 Å². The minimum atomic E-state index is -0.508. The summed E-state index contributed by atoms with van der Waals surface area (Å²) in [5, 5.41) is 0. The Hall–Kier alpha value is -3.01. The second-order valence-corrected chi connectivity index (χ2v) is 6.33. The van der Waals surface area contributed by atoms with E-state index in [1.54, 1.807) is 23.2 Å². The van der Waals surface area contributed by atoms with E-state index < -0.39 is 5.82 Å². The molecule has 1 amide bonds. The monoisotopic (exact) mass is 348 g/mol. The molecule has 4 heteroatoms. The van der Waals surface area contributed by atoms with Gasteiger partial charge in [0.05, 0.1) is 17.3 Å². The first-order valence-electron chi connectivity index (χ1n) is 8.58. The fraction of sp³-hybridized carbons (Fsp3) is 0.182. The Balaban J connectivity index is 1.99. The van der Waals surface area contributed by atoms with Crippen molar-refractivity contribution in [2.75, 3.05) is 0 Å². The number of nitrogens with zero attached hydrogens (tertiary/aromatic N) is 2. The Morgan fingerprint density at radius 2 is 1.81 bits per heavy atom. The van der Waals surface area contributed by atoms with E-state index >= 15 is 0 Å². The van der Waals surface area contributed by atoms with Gasteiger partial charge in [-0.25, -0.2) is 4.39 Å². The standard InChI is InChI=1S/C22H21FN2O/c1-16-11-12-20(23)19(14-16)22(26)25(15-18-8-4-3-5-9-18)17(2)21-10-6-7-13-24-21/h3-14,17H,15H2,1-2H3. The van der Waals surface area contributed by atoms with Gasteiger partial charge in [0.15, 0.2) is 0 Å². The Labute approximate surface area is 153 Å². The van der Waals surface area contributed by atoms with Crippen molar-refractivity contribution < 1.29 is 9.18 Å². The van der Waals surface area contributed by atoms with Crippen LogP contribution in [0.3, 0.4) is 0 Å². The van der Waals surface area contributed by atoms with E-state index in [9.17, 15) is 9.18 Å². The third-order valence-electron chi connectivity index (χ3n) is 4.39. The Morgan fingerprint density at radius 3 is 2.50 bits per heavy atom. The number of pyridine rings is 1. The molecular formula is C22H21FN2O. The molecule has 132 valence electrons. The summed E-state index contributed by atoms with van der Waals surface area (Å²) in [6.07, 6.45) is 1.70. The largest absolute Gasteiger partial charge is 0.326 e. The average molecular weight is 348 g/mol. The van der Waals surface area contributed by atoms with Crippen LogP contribution in [0.5, 0.6) is 0 Å². The van der Waals surface area contributed by atoms with Gasteiger partial charge < -0.3 is 4.90 Å². The number of aromatic nitrogens is 1. The van der Waals surface area contributed by atoms with Crippen LogP contribution in [0.2, 0.25) is 0 Å². The molecule has 1 atom stereocenters. The zero-order valence-electron chi connectivity index (χ0n) is 14.9. The van der Waals surface area contributed by atoms with Crippen LogP contribution < -0.4 is 0 Å². The molecule has 0 N–H and O–H groups in total. The summed E-state index contributed by atoms with van der Waals surface area (Å²) in [5.41, 5.74) is 2.69. The molecule has 1 aromatic heterocycles. The summed E-state index contributed by atoms with van der Waals surface area (Å²) in [4.78, 5) is 19.2. The lowest BCUT2D eigenvalue weighted by Crippen LogP contribution is -2.34. The highest BCUT2D eigenvalue weighted by Crippen LogP contribution is 2.24. The third kappa shape index (κ3) is 3.97. The van der Waals surface area contributed by atoms with Crippen molar-refractivity contribution in [1.82, 2.24) is 9.88 Å². The average Bonchev–Trinajstić information content (AvgIpc) is 2.68. The molecule has 3 aromatic rings. The number of amides is 1. The number of benzene rings is 2. The van der Waals surface area contributed by atoms with Gasteiger partial charge in [0.25, 0.3) is 5.91 Å². The fourth-order valence-electron chi connectivity index (χ4n) is 2.91. The van der Waals surface area contributed by atoms with Gasteiger partial charge in [-0.3, -0.25) is 9.78 Å². The molecule has 26 heavy (non-hydrogen) atoms. The van der Waals surface area contributed by atoms with Crippen LogP contribution >= 0.6 is 0 Å². The lowest BCUT2D eigenvalue weighted by molar-refractivity contribution is 0.0665. The summed E-state index contributed by atoms with van der Waals surface area (Å²) in [6.45, 7) is 4.14. The van der Waals surface area contributed by atoms with Crippen LogP contribution in [-0.2, 0) is 6.54 Å². The van der Waals surface area contributed by atoms with Crippen molar-refractivity contribution in [3.8, 4) is 0 Å². The molecule has 0 spiro atoms. The molecule has 3 rings (SSSR count). The van der Waals surface area contributed by atoms with Crippen LogP contribution in [0.15, 0.2) is 72.9 Å². The quantitative estimate of drug-likeness (QED) is 0.655. The van der Waals surface area contributed by atoms with Crippen molar-refractivity contribution in [2.45, 2.75) is 26.4 Å². The number of carbonyl (C=O) groups excluding carboxylic acids is 1. The van der Waals surface area contributed by atoms with Gasteiger partial charge in [0.1, 0.15) is 5.82 Å². The minimum absolute atomic E-state index is 0.0868. The smallest absolute Gasteiger partial charge is 0.257 e. The first-order chi connectivity index (χ1) is 12.6. The fourth-order valence-corrected chi connectivity index (χ4v) is 2.91. The molecule has 0 bridgehead atoms. The lowest BCUT2D eigenvalue weighted by Gasteiger charge is -2.29. The Kier molecular flexibility index (Phi) is 5.42. The number of halogens is 1. The second kappa shape index (κ2) is 7.91. The molecule has 0 saturated carbocycles. The SMILES string of the molecule is Cc1ccc(F)c(C(=O)N(Cc2ccccc2)C(C)c2ccccn2)c1. The predicted molar refractivity (Wildman–Crippen MR) is 100 cm³/mol. The van der Waals surface area contributed by atoms with E-state index in [-0.39, 0.29) is 17.5 Å². The zero-order valence-corrected chi connectivity index (χ0v) is 14.9. The van der Waals surface area contributed by atoms with Gasteiger partial charge in [-0.05, 0) is 43.7 Å². The van der Waals surface area contributed by atoms with Gasteiger partial charge in [-0.2, -0.15) is 0 Å². The summed E-state index contributed by atoms with van der Waals surface area (Å²) in [7, 11) is 0. The topological polar surface area (TPSA) is 33.2 Å². The van der Waals surface area contributed by atoms with Gasteiger partial charge in [0, 0.05) is 12.7 Å². The molecule has 2 aromatic carbocycles. The maximum Gasteiger partial charge on any atom is 0.257 e. The van der Waals surface area contributed by atoms with Gasteiger partial charge in [0.2, 0.25) is 0 Å². The van der Waals surface area contributed by atoms with Crippen molar-refractivity contribution >= 4 is 5.91 Å². The van der Waals surface area contributed by atoms with Crippen LogP contribution in [-0.4, -0.2) is 15.8 Å². The summed E-state index contributed by atoms with van der Waals surface area (Å²) < 4.78 is 14.3. The molecule has 3 nitrogen and oxygen atoms in total. The molecule has 0 aliphatic heterocycles. The third-order valence-corrected chi connectivity index (χ3v) is 4.39. The van der Waals surface area contributed by atoms with E-state index in [4.69, 9.17) is 0 Å². The van der Waals surface area contributed by atoms with E-state index in [1.807, 2.05) is 62.4 Å². The minimum Gasteiger partial charge on any atom is -0.326 e. The van der Waals surface area contributed by atoms with Crippen LogP contribution in [0.25, 0.3) is 0 Å². The first kappa shape index (κ1) is 17.8. The van der Waals surface area contributed by atoms with E-state index in [0.29, 0.717) is 6.54 Å². The van der Waals surface area contributed by atoms with E-state index in [1.165, 1.54) is 6.07 Å². The number of rotatable bonds is 5. The molecular weight excluding hydrogens is 327 g/mol. The maximum absolute atomic E-state index is 14.3. The summed E-state index contributed by atoms with van der Waals surface area (Å²) >= 11 is 0. The molecule has 0 saturated heterocycles. The lowest BCUT2D eigenvalue weighted by atomic mass is 10.1. The molecule has 1 heterocycles. The number of aryl methyl sites for hydroxylation is 1. The van der Waals surface area contributed by atoms with Crippen LogP contribution in [0, 0.1) is 12.7 Å². The van der Waals surface area contributed by atoms with E-state index in [2.05, 4.69) is 4.98 Å². The normalized spacial score (nSPS) is 11.8. The number of hydrogen-bond donors (Lipinski definition) is 0. The summed E-state index contributed by atoms with van der Waals surface area (Å²) in [5.74, 6) is -0.847. The highest BCUT2D eigenvalue weighted by molar-refractivity contribution is 5.95. The molecule has 0 radical (unpaired) electrons. The Bertz CT molecular complexity index is 881. The van der Waals surface area contributed by atoms with Gasteiger partial charge >= 0.3 is 0 Å². The van der Waals surface area contributed by atoms with Crippen molar-refractivity contribution in [2.24, 2.45) is 0 Å². The van der Waals surface area contributed by atoms with Crippen molar-refractivity contribution in [1.29, 1.82) is 0 Å². The first-order valence-corrected chi connectivity index (χ1v) is 8.58. The highest BCUT2D eigenvalue weighted by atomic mass is 19.1. The van der Waals surface area contributed by atoms with Crippen LogP contribution in [0.4, 0.5) is 4.39 Å². The molecule has 0 aliphatic carbocycles. The zero-order chi connectivity index (χ0) is 18.5. The Morgan fingerprint density at radius 1 is 1.08 bits per heavy atom. The second-order valence-electron chi connectivity index (χ2n) is 6.33. The summed E-state index contributed by atoms with van der Waals surface area (Å²) in [6, 6.07) is 19.6. The predicted octanol–water partition coefficient (Wildman–Crippen LogP) is 4.93. The number of carbonyl (C=O) groups is 1. The number of hydrogen-bond acceptors (Lipinski definition) is 2. The highest BCUT2D eigenvalue weighted by Gasteiger charge is 2.26. The van der Waals surface area contributed by atoms with Gasteiger partial charge in [-0.1, -0.05) is 48.0 Å². The molecule has 0 aliphatic rings. The van der Waals surface area contributed by atoms with Crippen molar-refractivity contribution in [3.05, 3.63) is 101 Å².